The maximum Gasteiger partial charge on any atom is 0.341 e. The molecule has 0 saturated carbocycles. The Kier molecular flexibility index (Phi) is 6.01. The lowest BCUT2D eigenvalue weighted by molar-refractivity contribution is 0.0522. The van der Waals surface area contributed by atoms with Crippen LogP contribution in [0.4, 0.5) is 0 Å². The van der Waals surface area contributed by atoms with Crippen molar-refractivity contribution in [3.8, 4) is 5.75 Å². The van der Waals surface area contributed by atoms with Crippen LogP contribution in [0.15, 0.2) is 23.1 Å². The first kappa shape index (κ1) is 17.7. The van der Waals surface area contributed by atoms with E-state index in [-0.39, 0.29) is 17.1 Å². The van der Waals surface area contributed by atoms with Crippen LogP contribution in [-0.4, -0.2) is 45.5 Å². The SMILES string of the molecule is CCOC(=O)c1cc(S(=O)(=O)N2CCCCCC2)ccc1OC. The molecule has 0 N–H and O–H groups in total. The van der Waals surface area contributed by atoms with Crippen molar-refractivity contribution in [1.82, 2.24) is 4.31 Å². The monoisotopic (exact) mass is 341 g/mol. The van der Waals surface area contributed by atoms with E-state index in [4.69, 9.17) is 9.47 Å². The van der Waals surface area contributed by atoms with Crippen molar-refractivity contribution in [2.24, 2.45) is 0 Å². The maximum atomic E-state index is 12.8. The molecule has 0 aliphatic carbocycles. The third-order valence-electron chi connectivity index (χ3n) is 3.87. The first-order chi connectivity index (χ1) is 11.0. The average Bonchev–Trinajstić information content (AvgIpc) is 2.84. The molecule has 1 heterocycles. The van der Waals surface area contributed by atoms with Gasteiger partial charge in [0.05, 0.1) is 18.6 Å². The summed E-state index contributed by atoms with van der Waals surface area (Å²) in [6.45, 7) is 2.94. The van der Waals surface area contributed by atoms with E-state index in [1.54, 1.807) is 6.92 Å². The van der Waals surface area contributed by atoms with Crippen molar-refractivity contribution in [3.63, 3.8) is 0 Å². The summed E-state index contributed by atoms with van der Waals surface area (Å²) in [6.07, 6.45) is 3.81. The predicted molar refractivity (Wildman–Crippen MR) is 86.2 cm³/mol. The second-order valence-electron chi connectivity index (χ2n) is 5.40. The Labute approximate surface area is 137 Å². The molecule has 1 aromatic carbocycles. The van der Waals surface area contributed by atoms with Gasteiger partial charge in [-0.05, 0) is 38.0 Å². The second-order valence-corrected chi connectivity index (χ2v) is 7.34. The summed E-state index contributed by atoms with van der Waals surface area (Å²) in [5, 5.41) is 0. The molecule has 128 valence electrons. The van der Waals surface area contributed by atoms with Crippen molar-refractivity contribution in [2.45, 2.75) is 37.5 Å². The van der Waals surface area contributed by atoms with Gasteiger partial charge in [-0.3, -0.25) is 0 Å². The highest BCUT2D eigenvalue weighted by Gasteiger charge is 2.27. The molecule has 0 radical (unpaired) electrons. The highest BCUT2D eigenvalue weighted by Crippen LogP contribution is 2.26. The molecule has 0 atom stereocenters. The number of carbonyl (C=O) groups is 1. The summed E-state index contributed by atoms with van der Waals surface area (Å²) in [6, 6.07) is 4.32. The molecule has 2 rings (SSSR count). The number of hydrogen-bond donors (Lipinski definition) is 0. The summed E-state index contributed by atoms with van der Waals surface area (Å²) >= 11 is 0. The summed E-state index contributed by atoms with van der Waals surface area (Å²) in [4.78, 5) is 12.1. The zero-order valence-corrected chi connectivity index (χ0v) is 14.4. The number of rotatable bonds is 5. The van der Waals surface area contributed by atoms with Gasteiger partial charge in [-0.2, -0.15) is 4.31 Å². The lowest BCUT2D eigenvalue weighted by Gasteiger charge is -2.20. The fraction of sp³-hybridized carbons (Fsp3) is 0.562. The highest BCUT2D eigenvalue weighted by atomic mass is 32.2. The Bertz CT molecular complexity index is 648. The number of sulfonamides is 1. The van der Waals surface area contributed by atoms with E-state index < -0.39 is 16.0 Å². The van der Waals surface area contributed by atoms with E-state index in [0.717, 1.165) is 25.7 Å². The third kappa shape index (κ3) is 4.03. The molecule has 0 aromatic heterocycles. The molecule has 0 bridgehead atoms. The van der Waals surface area contributed by atoms with E-state index in [9.17, 15) is 13.2 Å². The van der Waals surface area contributed by atoms with Crippen LogP contribution in [0.25, 0.3) is 0 Å². The Morgan fingerprint density at radius 2 is 1.83 bits per heavy atom. The van der Waals surface area contributed by atoms with E-state index in [0.29, 0.717) is 18.8 Å². The van der Waals surface area contributed by atoms with E-state index in [1.807, 2.05) is 0 Å². The summed E-state index contributed by atoms with van der Waals surface area (Å²) in [5.41, 5.74) is 0.130. The Balaban J connectivity index is 2.38. The van der Waals surface area contributed by atoms with Crippen molar-refractivity contribution < 1.29 is 22.7 Å². The van der Waals surface area contributed by atoms with Crippen LogP contribution in [0, 0.1) is 0 Å². The molecular formula is C16H23NO5S. The second kappa shape index (κ2) is 7.79. The van der Waals surface area contributed by atoms with Gasteiger partial charge in [-0.1, -0.05) is 12.8 Å². The molecule has 1 fully saturated rings. The van der Waals surface area contributed by atoms with E-state index >= 15 is 0 Å². The molecular weight excluding hydrogens is 318 g/mol. The minimum absolute atomic E-state index is 0.100. The van der Waals surface area contributed by atoms with Crippen molar-refractivity contribution in [1.29, 1.82) is 0 Å². The van der Waals surface area contributed by atoms with Gasteiger partial charge in [0, 0.05) is 13.1 Å². The van der Waals surface area contributed by atoms with Crippen LogP contribution in [0.5, 0.6) is 5.75 Å². The van der Waals surface area contributed by atoms with E-state index in [2.05, 4.69) is 0 Å². The van der Waals surface area contributed by atoms with Crippen LogP contribution < -0.4 is 4.74 Å². The third-order valence-corrected chi connectivity index (χ3v) is 5.76. The van der Waals surface area contributed by atoms with Gasteiger partial charge in [0.2, 0.25) is 10.0 Å². The van der Waals surface area contributed by atoms with Crippen molar-refractivity contribution in [3.05, 3.63) is 23.8 Å². The minimum Gasteiger partial charge on any atom is -0.496 e. The van der Waals surface area contributed by atoms with Crippen molar-refractivity contribution in [2.75, 3.05) is 26.8 Å². The van der Waals surface area contributed by atoms with Crippen LogP contribution in [-0.2, 0) is 14.8 Å². The molecule has 0 amide bonds. The Morgan fingerprint density at radius 1 is 1.17 bits per heavy atom. The number of benzene rings is 1. The zero-order valence-electron chi connectivity index (χ0n) is 13.6. The molecule has 1 aliphatic heterocycles. The normalized spacial score (nSPS) is 16.6. The quantitative estimate of drug-likeness (QED) is 0.769. The summed E-state index contributed by atoms with van der Waals surface area (Å²) in [7, 11) is -2.18. The Hall–Kier alpha value is -1.60. The lowest BCUT2D eigenvalue weighted by Crippen LogP contribution is -2.32. The van der Waals surface area contributed by atoms with Gasteiger partial charge in [0.15, 0.2) is 0 Å². The largest absolute Gasteiger partial charge is 0.496 e. The number of carbonyl (C=O) groups excluding carboxylic acids is 1. The Morgan fingerprint density at radius 3 is 2.39 bits per heavy atom. The van der Waals surface area contributed by atoms with Crippen LogP contribution >= 0.6 is 0 Å². The van der Waals surface area contributed by atoms with Gasteiger partial charge >= 0.3 is 5.97 Å². The molecule has 1 saturated heterocycles. The maximum absolute atomic E-state index is 12.8. The van der Waals surface area contributed by atoms with Gasteiger partial charge in [0.1, 0.15) is 11.3 Å². The van der Waals surface area contributed by atoms with Crippen LogP contribution in [0.2, 0.25) is 0 Å². The number of esters is 1. The summed E-state index contributed by atoms with van der Waals surface area (Å²) < 4.78 is 37.2. The molecule has 1 aliphatic rings. The molecule has 0 spiro atoms. The zero-order chi connectivity index (χ0) is 16.9. The highest BCUT2D eigenvalue weighted by molar-refractivity contribution is 7.89. The molecule has 0 unspecified atom stereocenters. The fourth-order valence-electron chi connectivity index (χ4n) is 2.65. The first-order valence-corrected chi connectivity index (χ1v) is 9.30. The van der Waals surface area contributed by atoms with Crippen molar-refractivity contribution >= 4 is 16.0 Å². The number of methoxy groups -OCH3 is 1. The van der Waals surface area contributed by atoms with Gasteiger partial charge in [-0.15, -0.1) is 0 Å². The molecule has 23 heavy (non-hydrogen) atoms. The lowest BCUT2D eigenvalue weighted by atomic mass is 10.2. The average molecular weight is 341 g/mol. The molecule has 6 nitrogen and oxygen atoms in total. The fourth-order valence-corrected chi connectivity index (χ4v) is 4.19. The van der Waals surface area contributed by atoms with Gasteiger partial charge in [0.25, 0.3) is 0 Å². The topological polar surface area (TPSA) is 72.9 Å². The smallest absolute Gasteiger partial charge is 0.341 e. The number of nitrogens with zero attached hydrogens (tertiary/aromatic N) is 1. The summed E-state index contributed by atoms with van der Waals surface area (Å²) in [5.74, 6) is -0.282. The first-order valence-electron chi connectivity index (χ1n) is 7.86. The van der Waals surface area contributed by atoms with Gasteiger partial charge in [-0.25, -0.2) is 13.2 Å². The molecule has 7 heteroatoms. The predicted octanol–water partition coefficient (Wildman–Crippen LogP) is 2.44. The molecule has 1 aromatic rings. The minimum atomic E-state index is -3.61. The van der Waals surface area contributed by atoms with Gasteiger partial charge < -0.3 is 9.47 Å². The van der Waals surface area contributed by atoms with Crippen LogP contribution in [0.1, 0.15) is 43.0 Å². The standard InChI is InChI=1S/C16H23NO5S/c1-3-22-16(18)14-12-13(8-9-15(14)21-2)23(19,20)17-10-6-4-5-7-11-17/h8-9,12H,3-7,10-11H2,1-2H3. The van der Waals surface area contributed by atoms with E-state index in [1.165, 1.54) is 29.6 Å². The number of hydrogen-bond acceptors (Lipinski definition) is 5. The van der Waals surface area contributed by atoms with Crippen LogP contribution in [0.3, 0.4) is 0 Å². The number of ether oxygens (including phenoxy) is 2.